The predicted molar refractivity (Wildman–Crippen MR) is 122 cm³/mol. The molecule has 0 aliphatic carbocycles. The third-order valence-corrected chi connectivity index (χ3v) is 5.15. The number of carbonyl (C=O) groups excluding carboxylic acids is 1. The fourth-order valence-corrected chi connectivity index (χ4v) is 3.48. The van der Waals surface area contributed by atoms with Gasteiger partial charge in [-0.25, -0.2) is 4.68 Å². The van der Waals surface area contributed by atoms with Crippen molar-refractivity contribution in [1.29, 1.82) is 0 Å². The minimum absolute atomic E-state index is 0.205. The first kappa shape index (κ1) is 20.2. The van der Waals surface area contributed by atoms with Gasteiger partial charge in [-0.15, -0.1) is 0 Å². The minimum Gasteiger partial charge on any atom is -0.483 e. The Morgan fingerprint density at radius 2 is 1.52 bits per heavy atom. The van der Waals surface area contributed by atoms with E-state index in [1.165, 1.54) is 4.68 Å². The molecule has 0 radical (unpaired) electrons. The van der Waals surface area contributed by atoms with E-state index < -0.39 is 5.91 Å². The highest BCUT2D eigenvalue weighted by atomic mass is 16.5. The molecule has 0 unspecified atom stereocenters. The quantitative estimate of drug-likeness (QED) is 0.516. The van der Waals surface area contributed by atoms with Crippen LogP contribution in [0.5, 0.6) is 5.75 Å². The number of rotatable bonds is 6. The van der Waals surface area contributed by atoms with Crippen LogP contribution in [0.1, 0.15) is 5.69 Å². The highest BCUT2D eigenvalue weighted by Crippen LogP contribution is 2.29. The SMILES string of the molecule is Cc1c(NC(=O)COc2ccccc2-c2ccccc2)c(=O)n(-c2ccccc2)n1C. The average Bonchev–Trinajstić information content (AvgIpc) is 3.02. The van der Waals surface area contributed by atoms with Gasteiger partial charge in [-0.1, -0.05) is 66.7 Å². The molecule has 6 heteroatoms. The lowest BCUT2D eigenvalue weighted by atomic mass is 10.1. The summed E-state index contributed by atoms with van der Waals surface area (Å²) in [7, 11) is 1.78. The average molecular weight is 413 g/mol. The smallest absolute Gasteiger partial charge is 0.295 e. The number of aromatic nitrogens is 2. The molecule has 0 aliphatic rings. The number of ether oxygens (including phenoxy) is 1. The molecule has 3 aromatic carbocycles. The second kappa shape index (κ2) is 8.75. The molecule has 156 valence electrons. The van der Waals surface area contributed by atoms with E-state index in [1.807, 2.05) is 84.9 Å². The molecule has 0 saturated carbocycles. The van der Waals surface area contributed by atoms with E-state index in [-0.39, 0.29) is 17.9 Å². The Kier molecular flexibility index (Phi) is 5.71. The van der Waals surface area contributed by atoms with Crippen LogP contribution < -0.4 is 15.6 Å². The fraction of sp³-hybridized carbons (Fsp3) is 0.120. The molecule has 1 aromatic heterocycles. The molecular formula is C25H23N3O3. The summed E-state index contributed by atoms with van der Waals surface area (Å²) >= 11 is 0. The number of para-hydroxylation sites is 2. The van der Waals surface area contributed by atoms with Crippen LogP contribution in [0.3, 0.4) is 0 Å². The van der Waals surface area contributed by atoms with E-state index in [1.54, 1.807) is 18.7 Å². The van der Waals surface area contributed by atoms with Crippen LogP contribution in [-0.2, 0) is 11.8 Å². The van der Waals surface area contributed by atoms with Crippen LogP contribution in [0.15, 0.2) is 89.7 Å². The van der Waals surface area contributed by atoms with E-state index in [9.17, 15) is 9.59 Å². The maximum absolute atomic E-state index is 12.9. The zero-order valence-corrected chi connectivity index (χ0v) is 17.4. The number of amides is 1. The van der Waals surface area contributed by atoms with Crippen LogP contribution in [0.2, 0.25) is 0 Å². The van der Waals surface area contributed by atoms with Gasteiger partial charge in [0, 0.05) is 12.6 Å². The molecular weight excluding hydrogens is 390 g/mol. The molecule has 0 bridgehead atoms. The van der Waals surface area contributed by atoms with Crippen molar-refractivity contribution in [3.05, 3.63) is 101 Å². The van der Waals surface area contributed by atoms with Crippen molar-refractivity contribution < 1.29 is 9.53 Å². The Morgan fingerprint density at radius 1 is 0.903 bits per heavy atom. The number of anilines is 1. The molecule has 0 spiro atoms. The first-order valence-electron chi connectivity index (χ1n) is 9.97. The van der Waals surface area contributed by atoms with Gasteiger partial charge in [0.05, 0.1) is 11.4 Å². The molecule has 31 heavy (non-hydrogen) atoms. The molecule has 0 atom stereocenters. The fourth-order valence-electron chi connectivity index (χ4n) is 3.48. The molecule has 4 rings (SSSR count). The van der Waals surface area contributed by atoms with Gasteiger partial charge in [-0.05, 0) is 30.7 Å². The Balaban J connectivity index is 1.52. The standard InChI is InChI=1S/C25H23N3O3/c1-18-24(25(30)28(27(18)2)20-13-7-4-8-14-20)26-23(29)17-31-22-16-10-9-15-21(22)19-11-5-3-6-12-19/h3-16H,17H2,1-2H3,(H,26,29). The van der Waals surface area contributed by atoms with E-state index in [0.717, 1.165) is 16.8 Å². The summed E-state index contributed by atoms with van der Waals surface area (Å²) in [6.07, 6.45) is 0. The Bertz CT molecular complexity index is 1260. The number of nitrogens with one attached hydrogen (secondary N) is 1. The van der Waals surface area contributed by atoms with E-state index in [4.69, 9.17) is 4.74 Å². The van der Waals surface area contributed by atoms with Gasteiger partial charge >= 0.3 is 0 Å². The molecule has 0 aliphatic heterocycles. The highest BCUT2D eigenvalue weighted by Gasteiger charge is 2.18. The number of nitrogens with zero attached hydrogens (tertiary/aromatic N) is 2. The zero-order valence-electron chi connectivity index (χ0n) is 17.4. The maximum atomic E-state index is 12.9. The Hall–Kier alpha value is -4.06. The lowest BCUT2D eigenvalue weighted by Crippen LogP contribution is -2.25. The van der Waals surface area contributed by atoms with Crippen LogP contribution >= 0.6 is 0 Å². The number of hydrogen-bond acceptors (Lipinski definition) is 3. The summed E-state index contributed by atoms with van der Waals surface area (Å²) in [5.74, 6) is 0.212. The lowest BCUT2D eigenvalue weighted by Gasteiger charge is -2.11. The Labute approximate surface area is 180 Å². The van der Waals surface area contributed by atoms with Gasteiger partial charge < -0.3 is 10.1 Å². The summed E-state index contributed by atoms with van der Waals surface area (Å²) in [5.41, 5.74) is 3.25. The molecule has 1 heterocycles. The molecule has 0 saturated heterocycles. The van der Waals surface area contributed by atoms with Crippen LogP contribution in [0, 0.1) is 6.92 Å². The van der Waals surface area contributed by atoms with Crippen molar-refractivity contribution in [2.45, 2.75) is 6.92 Å². The van der Waals surface area contributed by atoms with Crippen molar-refractivity contribution in [2.75, 3.05) is 11.9 Å². The molecule has 1 N–H and O–H groups in total. The molecule has 6 nitrogen and oxygen atoms in total. The van der Waals surface area contributed by atoms with Gasteiger partial charge in [-0.2, -0.15) is 0 Å². The van der Waals surface area contributed by atoms with Crippen molar-refractivity contribution in [3.8, 4) is 22.6 Å². The van der Waals surface area contributed by atoms with Gasteiger partial charge in [0.25, 0.3) is 11.5 Å². The first-order valence-corrected chi connectivity index (χ1v) is 9.97. The molecule has 4 aromatic rings. The maximum Gasteiger partial charge on any atom is 0.295 e. The number of hydrogen-bond donors (Lipinski definition) is 1. The normalized spacial score (nSPS) is 10.6. The third-order valence-electron chi connectivity index (χ3n) is 5.15. The largest absolute Gasteiger partial charge is 0.483 e. The zero-order chi connectivity index (χ0) is 21.8. The van der Waals surface area contributed by atoms with Crippen molar-refractivity contribution >= 4 is 11.6 Å². The second-order valence-corrected chi connectivity index (χ2v) is 7.14. The summed E-state index contributed by atoms with van der Waals surface area (Å²) in [6, 6.07) is 26.7. The monoisotopic (exact) mass is 413 g/mol. The van der Waals surface area contributed by atoms with Crippen molar-refractivity contribution in [1.82, 2.24) is 9.36 Å². The lowest BCUT2D eigenvalue weighted by molar-refractivity contribution is -0.118. The van der Waals surface area contributed by atoms with Gasteiger partial charge in [0.2, 0.25) is 0 Å². The second-order valence-electron chi connectivity index (χ2n) is 7.14. The van der Waals surface area contributed by atoms with Crippen LogP contribution in [0.4, 0.5) is 5.69 Å². The van der Waals surface area contributed by atoms with E-state index in [2.05, 4.69) is 5.32 Å². The first-order chi connectivity index (χ1) is 15.1. The number of benzene rings is 3. The van der Waals surface area contributed by atoms with Crippen molar-refractivity contribution in [2.24, 2.45) is 7.05 Å². The highest BCUT2D eigenvalue weighted by molar-refractivity contribution is 5.92. The van der Waals surface area contributed by atoms with Gasteiger partial charge in [0.1, 0.15) is 11.4 Å². The number of carbonyl (C=O) groups is 1. The third kappa shape index (κ3) is 4.14. The topological polar surface area (TPSA) is 65.3 Å². The van der Waals surface area contributed by atoms with Crippen LogP contribution in [0.25, 0.3) is 16.8 Å². The molecule has 0 fully saturated rings. The Morgan fingerprint density at radius 3 is 2.23 bits per heavy atom. The predicted octanol–water partition coefficient (Wildman–Crippen LogP) is 4.17. The van der Waals surface area contributed by atoms with Gasteiger partial charge in [0.15, 0.2) is 6.61 Å². The van der Waals surface area contributed by atoms with Gasteiger partial charge in [-0.3, -0.25) is 14.3 Å². The summed E-state index contributed by atoms with van der Waals surface area (Å²) in [5, 5.41) is 2.72. The summed E-state index contributed by atoms with van der Waals surface area (Å²) in [6.45, 7) is 1.59. The van der Waals surface area contributed by atoms with E-state index >= 15 is 0 Å². The van der Waals surface area contributed by atoms with Crippen LogP contribution in [-0.4, -0.2) is 21.9 Å². The summed E-state index contributed by atoms with van der Waals surface area (Å²) in [4.78, 5) is 25.5. The van der Waals surface area contributed by atoms with Crippen molar-refractivity contribution in [3.63, 3.8) is 0 Å². The summed E-state index contributed by atoms with van der Waals surface area (Å²) < 4.78 is 9.04. The minimum atomic E-state index is -0.395. The van der Waals surface area contributed by atoms with E-state index in [0.29, 0.717) is 11.4 Å². The molecule has 1 amide bonds.